The van der Waals surface area contributed by atoms with Gasteiger partial charge in [-0.1, -0.05) is 6.07 Å². The van der Waals surface area contributed by atoms with Gasteiger partial charge in [-0.2, -0.15) is 0 Å². The zero-order chi connectivity index (χ0) is 15.9. The topological polar surface area (TPSA) is 95.9 Å². The lowest BCUT2D eigenvalue weighted by atomic mass is 10.1. The van der Waals surface area contributed by atoms with Crippen molar-refractivity contribution in [3.63, 3.8) is 0 Å². The number of nitrogens with one attached hydrogen (secondary N) is 1. The van der Waals surface area contributed by atoms with Gasteiger partial charge in [-0.05, 0) is 31.9 Å². The van der Waals surface area contributed by atoms with Gasteiger partial charge in [-0.3, -0.25) is 9.59 Å². The van der Waals surface area contributed by atoms with Gasteiger partial charge < -0.3 is 20.1 Å². The van der Waals surface area contributed by atoms with E-state index in [0.717, 1.165) is 0 Å². The van der Waals surface area contributed by atoms with E-state index < -0.39 is 18.1 Å². The molecule has 0 bridgehead atoms. The molecule has 7 heteroatoms. The second-order valence-electron chi connectivity index (χ2n) is 5.43. The molecule has 0 aromatic heterocycles. The first-order chi connectivity index (χ1) is 10.5. The minimum absolute atomic E-state index is 0.275. The summed E-state index contributed by atoms with van der Waals surface area (Å²) in [6.45, 7) is 2.00. The quantitative estimate of drug-likeness (QED) is 0.853. The molecule has 0 spiro atoms. The number of fused-ring (bicyclic) bond motifs is 1. The molecule has 2 amide bonds. The largest absolute Gasteiger partial charge is 0.480 e. The Morgan fingerprint density at radius 3 is 2.91 bits per heavy atom. The Morgan fingerprint density at radius 2 is 2.18 bits per heavy atom. The van der Waals surface area contributed by atoms with Gasteiger partial charge in [0.05, 0.1) is 11.3 Å². The van der Waals surface area contributed by atoms with Crippen LogP contribution < -0.4 is 10.1 Å². The van der Waals surface area contributed by atoms with Crippen molar-refractivity contribution in [1.82, 2.24) is 4.90 Å². The van der Waals surface area contributed by atoms with Crippen molar-refractivity contribution >= 4 is 23.5 Å². The van der Waals surface area contributed by atoms with Crippen molar-refractivity contribution < 1.29 is 24.2 Å². The Balaban J connectivity index is 1.96. The van der Waals surface area contributed by atoms with E-state index >= 15 is 0 Å². The van der Waals surface area contributed by atoms with E-state index in [1.54, 1.807) is 25.1 Å². The van der Waals surface area contributed by atoms with Gasteiger partial charge in [0.1, 0.15) is 6.04 Å². The minimum Gasteiger partial charge on any atom is -0.480 e. The number of rotatable bonds is 2. The summed E-state index contributed by atoms with van der Waals surface area (Å²) in [6.07, 6.45) is 0.408. The fourth-order valence-corrected chi connectivity index (χ4v) is 2.82. The molecule has 1 aromatic carbocycles. The number of anilines is 1. The van der Waals surface area contributed by atoms with Crippen molar-refractivity contribution in [2.45, 2.75) is 31.9 Å². The number of amides is 2. The van der Waals surface area contributed by atoms with Crippen LogP contribution in [0.4, 0.5) is 5.69 Å². The summed E-state index contributed by atoms with van der Waals surface area (Å²) in [4.78, 5) is 36.9. The van der Waals surface area contributed by atoms with E-state index in [2.05, 4.69) is 5.32 Å². The van der Waals surface area contributed by atoms with Crippen molar-refractivity contribution in [2.75, 3.05) is 11.9 Å². The van der Waals surface area contributed by atoms with Crippen LogP contribution in [0.15, 0.2) is 18.2 Å². The zero-order valence-corrected chi connectivity index (χ0v) is 12.0. The summed E-state index contributed by atoms with van der Waals surface area (Å²) in [5.74, 6) is -1.36. The highest BCUT2D eigenvalue weighted by Crippen LogP contribution is 2.35. The van der Waals surface area contributed by atoms with Crippen LogP contribution in [0, 0.1) is 0 Å². The average Bonchev–Trinajstić information content (AvgIpc) is 2.97. The molecule has 0 saturated carbocycles. The summed E-state index contributed by atoms with van der Waals surface area (Å²) in [7, 11) is 0. The van der Waals surface area contributed by atoms with Crippen LogP contribution >= 0.6 is 0 Å². The van der Waals surface area contributed by atoms with Gasteiger partial charge in [-0.25, -0.2) is 4.79 Å². The van der Waals surface area contributed by atoms with Crippen LogP contribution in [0.1, 0.15) is 30.1 Å². The van der Waals surface area contributed by atoms with E-state index in [9.17, 15) is 19.5 Å². The molecule has 2 aliphatic heterocycles. The molecule has 2 aliphatic rings. The monoisotopic (exact) mass is 304 g/mol. The third-order valence-electron chi connectivity index (χ3n) is 3.97. The molecule has 1 saturated heterocycles. The molecule has 2 atom stereocenters. The lowest BCUT2D eigenvalue weighted by Crippen LogP contribution is -2.41. The highest BCUT2D eigenvalue weighted by atomic mass is 16.5. The first-order valence-corrected chi connectivity index (χ1v) is 7.13. The third-order valence-corrected chi connectivity index (χ3v) is 3.97. The first kappa shape index (κ1) is 14.4. The number of carbonyl (C=O) groups excluding carboxylic acids is 2. The fraction of sp³-hybridized carbons (Fsp3) is 0.400. The number of hydrogen-bond acceptors (Lipinski definition) is 4. The summed E-state index contributed by atoms with van der Waals surface area (Å²) >= 11 is 0. The van der Waals surface area contributed by atoms with Gasteiger partial charge in [0.25, 0.3) is 11.8 Å². The first-order valence-electron chi connectivity index (χ1n) is 7.13. The van der Waals surface area contributed by atoms with Gasteiger partial charge in [0.2, 0.25) is 0 Å². The standard InChI is InChI=1S/C15H16N2O5/c1-8-13(18)16-10-5-2-4-9(12(10)22-8)14(19)17-7-3-6-11(17)15(20)21/h2,4-5,8,11H,3,6-7H2,1H3,(H,16,18)(H,20,21)/t8?,11-/m0/s1. The lowest BCUT2D eigenvalue weighted by Gasteiger charge is -2.27. The highest BCUT2D eigenvalue weighted by molar-refractivity contribution is 6.04. The molecular formula is C15H16N2O5. The predicted octanol–water partition coefficient (Wildman–Crippen LogP) is 1.10. The van der Waals surface area contributed by atoms with Crippen molar-refractivity contribution in [3.8, 4) is 5.75 Å². The number of benzene rings is 1. The number of ether oxygens (including phenoxy) is 1. The zero-order valence-electron chi connectivity index (χ0n) is 12.0. The number of para-hydroxylation sites is 1. The van der Waals surface area contributed by atoms with Crippen molar-refractivity contribution in [1.29, 1.82) is 0 Å². The molecule has 1 unspecified atom stereocenters. The molecule has 22 heavy (non-hydrogen) atoms. The summed E-state index contributed by atoms with van der Waals surface area (Å²) in [5, 5.41) is 11.9. The van der Waals surface area contributed by atoms with Gasteiger partial charge in [-0.15, -0.1) is 0 Å². The normalized spacial score (nSPS) is 23.5. The number of likely N-dealkylation sites (tertiary alicyclic amines) is 1. The third kappa shape index (κ3) is 2.28. The predicted molar refractivity (Wildman–Crippen MR) is 76.9 cm³/mol. The number of hydrogen-bond donors (Lipinski definition) is 2. The molecule has 0 aliphatic carbocycles. The minimum atomic E-state index is -1.00. The van der Waals surface area contributed by atoms with Gasteiger partial charge in [0, 0.05) is 6.54 Å². The number of aliphatic carboxylic acids is 1. The Bertz CT molecular complexity index is 657. The maximum Gasteiger partial charge on any atom is 0.326 e. The Labute approximate surface area is 126 Å². The molecule has 2 N–H and O–H groups in total. The lowest BCUT2D eigenvalue weighted by molar-refractivity contribution is -0.141. The molecule has 1 fully saturated rings. The van der Waals surface area contributed by atoms with Crippen LogP contribution in [-0.4, -0.2) is 46.5 Å². The van der Waals surface area contributed by atoms with Crippen molar-refractivity contribution in [3.05, 3.63) is 23.8 Å². The van der Waals surface area contributed by atoms with Crippen molar-refractivity contribution in [2.24, 2.45) is 0 Å². The molecule has 3 rings (SSSR count). The summed E-state index contributed by atoms with van der Waals surface area (Å²) in [6, 6.07) is 4.06. The fourth-order valence-electron chi connectivity index (χ4n) is 2.82. The van der Waals surface area contributed by atoms with E-state index in [-0.39, 0.29) is 17.4 Å². The van der Waals surface area contributed by atoms with E-state index in [1.807, 2.05) is 0 Å². The SMILES string of the molecule is CC1Oc2c(cccc2C(=O)N2CCC[C@H]2C(=O)O)NC1=O. The maximum absolute atomic E-state index is 12.7. The maximum atomic E-state index is 12.7. The molecule has 2 heterocycles. The number of carboxylic acid groups (broad SMARTS) is 1. The second kappa shape index (κ2) is 5.32. The molecule has 7 nitrogen and oxygen atoms in total. The van der Waals surface area contributed by atoms with E-state index in [0.29, 0.717) is 30.8 Å². The number of carboxylic acids is 1. The Morgan fingerprint density at radius 1 is 1.41 bits per heavy atom. The smallest absolute Gasteiger partial charge is 0.326 e. The average molecular weight is 304 g/mol. The number of carbonyl (C=O) groups is 3. The molecular weight excluding hydrogens is 288 g/mol. The summed E-state index contributed by atoms with van der Waals surface area (Å²) in [5.41, 5.74) is 0.706. The number of nitrogens with zero attached hydrogens (tertiary/aromatic N) is 1. The summed E-state index contributed by atoms with van der Waals surface area (Å²) < 4.78 is 5.54. The Hall–Kier alpha value is -2.57. The van der Waals surface area contributed by atoms with Crippen LogP contribution in [0.3, 0.4) is 0 Å². The Kier molecular flexibility index (Phi) is 3.48. The van der Waals surface area contributed by atoms with Crippen LogP contribution in [-0.2, 0) is 9.59 Å². The molecule has 0 radical (unpaired) electrons. The highest BCUT2D eigenvalue weighted by Gasteiger charge is 2.37. The second-order valence-corrected chi connectivity index (χ2v) is 5.43. The van der Waals surface area contributed by atoms with Crippen LogP contribution in [0.25, 0.3) is 0 Å². The van der Waals surface area contributed by atoms with E-state index in [4.69, 9.17) is 4.74 Å². The van der Waals surface area contributed by atoms with Gasteiger partial charge >= 0.3 is 5.97 Å². The van der Waals surface area contributed by atoms with Crippen LogP contribution in [0.2, 0.25) is 0 Å². The van der Waals surface area contributed by atoms with E-state index in [1.165, 1.54) is 4.90 Å². The molecule has 1 aromatic rings. The van der Waals surface area contributed by atoms with Crippen LogP contribution in [0.5, 0.6) is 5.75 Å². The van der Waals surface area contributed by atoms with Gasteiger partial charge in [0.15, 0.2) is 11.9 Å². The molecule has 116 valence electrons.